The Bertz CT molecular complexity index is 353. The number of para-hydroxylation sites is 1. The third kappa shape index (κ3) is 1.49. The Morgan fingerprint density at radius 3 is 2.93 bits per heavy atom. The standard InChI is InChI=1S/C12H13NS/c1-3-9-12(4-2)13-10-7-5-6-8-11(10)14-12/h1,5-8,13H,4,9H2,2H3. The fraction of sp³-hybridized carbons (Fsp3) is 0.333. The normalized spacial score (nSPS) is 23.7. The lowest BCUT2D eigenvalue weighted by Crippen LogP contribution is -2.29. The molecule has 0 saturated heterocycles. The molecule has 2 heteroatoms. The predicted octanol–water partition coefficient (Wildman–Crippen LogP) is 3.33. The van der Waals surface area contributed by atoms with Crippen LogP contribution in [0.4, 0.5) is 5.69 Å². The minimum atomic E-state index is 0.0262. The Morgan fingerprint density at radius 1 is 1.50 bits per heavy atom. The highest BCUT2D eigenvalue weighted by atomic mass is 32.2. The number of benzene rings is 1. The van der Waals surface area contributed by atoms with Crippen LogP contribution in [0.1, 0.15) is 19.8 Å². The molecule has 1 unspecified atom stereocenters. The van der Waals surface area contributed by atoms with Gasteiger partial charge in [-0.15, -0.1) is 12.3 Å². The first-order valence-corrected chi connectivity index (χ1v) is 5.61. The molecule has 0 fully saturated rings. The van der Waals surface area contributed by atoms with Crippen LogP contribution in [0.25, 0.3) is 0 Å². The third-order valence-electron chi connectivity index (χ3n) is 2.51. The number of rotatable bonds is 2. The smallest absolute Gasteiger partial charge is 0.0988 e. The molecule has 0 aliphatic carbocycles. The van der Waals surface area contributed by atoms with Crippen LogP contribution >= 0.6 is 11.8 Å². The van der Waals surface area contributed by atoms with Crippen LogP contribution in [-0.2, 0) is 0 Å². The highest BCUT2D eigenvalue weighted by Crippen LogP contribution is 2.48. The van der Waals surface area contributed by atoms with Gasteiger partial charge in [-0.05, 0) is 18.6 Å². The number of anilines is 1. The Labute approximate surface area is 89.3 Å². The van der Waals surface area contributed by atoms with E-state index in [0.29, 0.717) is 0 Å². The second kappa shape index (κ2) is 3.59. The zero-order valence-corrected chi connectivity index (χ0v) is 9.03. The molecule has 0 saturated carbocycles. The summed E-state index contributed by atoms with van der Waals surface area (Å²) in [5.74, 6) is 2.75. The van der Waals surface area contributed by atoms with Crippen molar-refractivity contribution in [3.05, 3.63) is 24.3 Å². The van der Waals surface area contributed by atoms with E-state index in [4.69, 9.17) is 6.42 Å². The lowest BCUT2D eigenvalue weighted by molar-refractivity contribution is 0.664. The van der Waals surface area contributed by atoms with Gasteiger partial charge >= 0.3 is 0 Å². The summed E-state index contributed by atoms with van der Waals surface area (Å²) in [4.78, 5) is 1.34. The monoisotopic (exact) mass is 203 g/mol. The average Bonchev–Trinajstić information content (AvgIpc) is 2.57. The zero-order valence-electron chi connectivity index (χ0n) is 8.21. The number of thioether (sulfide) groups is 1. The first-order valence-electron chi connectivity index (χ1n) is 4.79. The number of terminal acetylenes is 1. The van der Waals surface area contributed by atoms with Crippen LogP contribution in [0.15, 0.2) is 29.2 Å². The van der Waals surface area contributed by atoms with Gasteiger partial charge in [-0.1, -0.05) is 30.8 Å². The summed E-state index contributed by atoms with van der Waals surface area (Å²) in [6, 6.07) is 8.36. The minimum Gasteiger partial charge on any atom is -0.369 e. The summed E-state index contributed by atoms with van der Waals surface area (Å²) >= 11 is 1.85. The molecule has 1 nitrogen and oxygen atoms in total. The van der Waals surface area contributed by atoms with Crippen LogP contribution in [0, 0.1) is 12.3 Å². The van der Waals surface area contributed by atoms with Gasteiger partial charge in [-0.3, -0.25) is 0 Å². The molecule has 1 N–H and O–H groups in total. The molecule has 1 aliphatic rings. The van der Waals surface area contributed by atoms with E-state index in [1.165, 1.54) is 10.6 Å². The van der Waals surface area contributed by atoms with Gasteiger partial charge in [0.1, 0.15) is 0 Å². The molecule has 0 bridgehead atoms. The van der Waals surface area contributed by atoms with Crippen molar-refractivity contribution in [2.75, 3.05) is 5.32 Å². The van der Waals surface area contributed by atoms with Crippen LogP contribution in [0.2, 0.25) is 0 Å². The fourth-order valence-corrected chi connectivity index (χ4v) is 2.93. The van der Waals surface area contributed by atoms with E-state index in [-0.39, 0.29) is 4.87 Å². The molecule has 1 heterocycles. The molecular formula is C12H13NS. The van der Waals surface area contributed by atoms with Gasteiger partial charge in [0.05, 0.1) is 4.87 Å². The number of hydrogen-bond acceptors (Lipinski definition) is 2. The maximum Gasteiger partial charge on any atom is 0.0988 e. The minimum absolute atomic E-state index is 0.0262. The molecule has 1 aliphatic heterocycles. The van der Waals surface area contributed by atoms with Crippen molar-refractivity contribution in [3.63, 3.8) is 0 Å². The van der Waals surface area contributed by atoms with E-state index in [2.05, 4.69) is 36.4 Å². The van der Waals surface area contributed by atoms with Gasteiger partial charge in [-0.25, -0.2) is 0 Å². The van der Waals surface area contributed by atoms with E-state index in [1.54, 1.807) is 0 Å². The second-order valence-electron chi connectivity index (χ2n) is 3.45. The van der Waals surface area contributed by atoms with E-state index in [1.807, 2.05) is 17.8 Å². The SMILES string of the molecule is C#CCC1(CC)Nc2ccccc2S1. The number of nitrogens with one attached hydrogen (secondary N) is 1. The summed E-state index contributed by atoms with van der Waals surface area (Å²) < 4.78 is 0. The van der Waals surface area contributed by atoms with Crippen molar-refractivity contribution in [1.29, 1.82) is 0 Å². The van der Waals surface area contributed by atoms with Crippen LogP contribution in [-0.4, -0.2) is 4.87 Å². The summed E-state index contributed by atoms with van der Waals surface area (Å²) in [6.45, 7) is 2.17. The van der Waals surface area contributed by atoms with Crippen LogP contribution in [0.5, 0.6) is 0 Å². The lowest BCUT2D eigenvalue weighted by Gasteiger charge is -2.25. The van der Waals surface area contributed by atoms with Crippen LogP contribution in [0.3, 0.4) is 0 Å². The third-order valence-corrected chi connectivity index (χ3v) is 4.02. The van der Waals surface area contributed by atoms with E-state index >= 15 is 0 Å². The Hall–Kier alpha value is -1.07. The van der Waals surface area contributed by atoms with Crippen molar-refractivity contribution in [2.24, 2.45) is 0 Å². The summed E-state index contributed by atoms with van der Waals surface area (Å²) in [6.07, 6.45) is 7.21. The van der Waals surface area contributed by atoms with Crippen molar-refractivity contribution in [1.82, 2.24) is 0 Å². The molecule has 0 amide bonds. The molecule has 14 heavy (non-hydrogen) atoms. The molecule has 72 valence electrons. The van der Waals surface area contributed by atoms with Crippen LogP contribution < -0.4 is 5.32 Å². The number of fused-ring (bicyclic) bond motifs is 1. The summed E-state index contributed by atoms with van der Waals surface area (Å²) in [7, 11) is 0. The molecule has 0 spiro atoms. The maximum absolute atomic E-state index is 5.40. The lowest BCUT2D eigenvalue weighted by atomic mass is 10.1. The largest absolute Gasteiger partial charge is 0.369 e. The highest BCUT2D eigenvalue weighted by Gasteiger charge is 2.34. The molecule has 1 atom stereocenters. The zero-order chi connectivity index (χ0) is 10.0. The first kappa shape index (κ1) is 9.48. The fourth-order valence-electron chi connectivity index (χ4n) is 1.67. The van der Waals surface area contributed by atoms with Gasteiger partial charge in [0.15, 0.2) is 0 Å². The Morgan fingerprint density at radius 2 is 2.29 bits per heavy atom. The van der Waals surface area contributed by atoms with Gasteiger partial charge < -0.3 is 5.32 Å². The molecule has 2 rings (SSSR count). The van der Waals surface area contributed by atoms with E-state index in [9.17, 15) is 0 Å². The van der Waals surface area contributed by atoms with Crippen molar-refractivity contribution >= 4 is 17.4 Å². The van der Waals surface area contributed by atoms with Gasteiger partial charge in [0, 0.05) is 17.0 Å². The first-order chi connectivity index (χ1) is 6.79. The molecule has 0 radical (unpaired) electrons. The molecule has 0 aromatic heterocycles. The number of hydrogen-bond donors (Lipinski definition) is 1. The maximum atomic E-state index is 5.40. The molecule has 1 aromatic carbocycles. The predicted molar refractivity (Wildman–Crippen MR) is 62.4 cm³/mol. The summed E-state index contributed by atoms with van der Waals surface area (Å²) in [5, 5.41) is 3.52. The van der Waals surface area contributed by atoms with Crippen molar-refractivity contribution in [3.8, 4) is 12.3 Å². The van der Waals surface area contributed by atoms with Crippen molar-refractivity contribution < 1.29 is 0 Å². The average molecular weight is 203 g/mol. The Kier molecular flexibility index (Phi) is 2.43. The van der Waals surface area contributed by atoms with Gasteiger partial charge in [0.2, 0.25) is 0 Å². The van der Waals surface area contributed by atoms with Gasteiger partial charge in [0.25, 0.3) is 0 Å². The molecule has 1 aromatic rings. The van der Waals surface area contributed by atoms with Crippen molar-refractivity contribution in [2.45, 2.75) is 29.5 Å². The quantitative estimate of drug-likeness (QED) is 0.740. The van der Waals surface area contributed by atoms with Gasteiger partial charge in [-0.2, -0.15) is 0 Å². The Balaban J connectivity index is 2.28. The summed E-state index contributed by atoms with van der Waals surface area (Å²) in [5.41, 5.74) is 1.22. The van der Waals surface area contributed by atoms with E-state index < -0.39 is 0 Å². The molecular weight excluding hydrogens is 190 g/mol. The van der Waals surface area contributed by atoms with E-state index in [0.717, 1.165) is 12.8 Å². The highest BCUT2D eigenvalue weighted by molar-refractivity contribution is 8.01. The topological polar surface area (TPSA) is 12.0 Å². The second-order valence-corrected chi connectivity index (χ2v) is 4.88.